The second-order valence-electron chi connectivity index (χ2n) is 3.01. The van der Waals surface area contributed by atoms with Gasteiger partial charge < -0.3 is 4.98 Å². The Hall–Kier alpha value is -1.37. The number of aromatic amines is 1. The molecule has 0 aliphatic rings. The summed E-state index contributed by atoms with van der Waals surface area (Å²) in [7, 11) is 0. The van der Waals surface area contributed by atoms with Crippen LogP contribution in [0.15, 0.2) is 30.6 Å². The molecule has 0 fully saturated rings. The average molecular weight is 314 g/mol. The number of fused-ring (bicyclic) bond motifs is 1. The van der Waals surface area contributed by atoms with Crippen LogP contribution in [0.4, 0.5) is 0 Å². The molecule has 0 radical (unpaired) electrons. The van der Waals surface area contributed by atoms with E-state index in [0.717, 1.165) is 26.2 Å². The molecule has 0 saturated carbocycles. The molecule has 15 heavy (non-hydrogen) atoms. The van der Waals surface area contributed by atoms with Crippen LogP contribution < -0.4 is 0 Å². The lowest BCUT2D eigenvalue weighted by Gasteiger charge is -1.94. The smallest absolute Gasteiger partial charge is 0.235 e. The highest BCUT2D eigenvalue weighted by Crippen LogP contribution is 2.24. The number of hydrogen-bond donors (Lipinski definition) is 1. The monoisotopic (exact) mass is 314 g/mol. The molecule has 5 heteroatoms. The highest BCUT2D eigenvalue weighted by molar-refractivity contribution is 14.1. The van der Waals surface area contributed by atoms with E-state index < -0.39 is 4.92 Å². The molecule has 1 aromatic carbocycles. The van der Waals surface area contributed by atoms with Crippen LogP contribution in [0.5, 0.6) is 0 Å². The van der Waals surface area contributed by atoms with Crippen molar-refractivity contribution in [2.24, 2.45) is 0 Å². The van der Waals surface area contributed by atoms with Crippen molar-refractivity contribution in [1.82, 2.24) is 4.98 Å². The fourth-order valence-electron chi connectivity index (χ4n) is 1.44. The number of hydrogen-bond acceptors (Lipinski definition) is 2. The topological polar surface area (TPSA) is 58.9 Å². The maximum absolute atomic E-state index is 10.2. The van der Waals surface area contributed by atoms with Gasteiger partial charge in [0.2, 0.25) is 6.20 Å². The SMILES string of the molecule is O=[N+]([O-])/C=C/c1c[nH]c2cccc(I)c12. The number of rotatable bonds is 2. The number of aromatic nitrogens is 1. The van der Waals surface area contributed by atoms with Gasteiger partial charge in [-0.25, -0.2) is 0 Å². The van der Waals surface area contributed by atoms with E-state index in [1.807, 2.05) is 18.2 Å². The van der Waals surface area contributed by atoms with Crippen molar-refractivity contribution in [3.05, 3.63) is 49.8 Å². The molecule has 1 heterocycles. The lowest BCUT2D eigenvalue weighted by atomic mass is 10.2. The summed E-state index contributed by atoms with van der Waals surface area (Å²) in [6.45, 7) is 0. The van der Waals surface area contributed by atoms with Gasteiger partial charge in [-0.05, 0) is 34.7 Å². The van der Waals surface area contributed by atoms with Crippen molar-refractivity contribution in [1.29, 1.82) is 0 Å². The summed E-state index contributed by atoms with van der Waals surface area (Å²) in [6, 6.07) is 5.86. The molecule has 0 unspecified atom stereocenters. The van der Waals surface area contributed by atoms with E-state index >= 15 is 0 Å². The summed E-state index contributed by atoms with van der Waals surface area (Å²) in [4.78, 5) is 12.8. The Morgan fingerprint density at radius 3 is 3.00 bits per heavy atom. The minimum absolute atomic E-state index is 0.464. The minimum Gasteiger partial charge on any atom is -0.361 e. The Balaban J connectivity index is 2.57. The van der Waals surface area contributed by atoms with Gasteiger partial charge in [0.05, 0.1) is 4.92 Å². The van der Waals surface area contributed by atoms with Gasteiger partial charge in [-0.1, -0.05) is 6.07 Å². The zero-order valence-electron chi connectivity index (χ0n) is 7.61. The van der Waals surface area contributed by atoms with Crippen LogP contribution in [0.1, 0.15) is 5.56 Å². The molecule has 1 aromatic heterocycles. The number of benzene rings is 1. The molecule has 0 spiro atoms. The van der Waals surface area contributed by atoms with Crippen LogP contribution in [0.3, 0.4) is 0 Å². The van der Waals surface area contributed by atoms with Gasteiger partial charge in [-0.15, -0.1) is 0 Å². The third-order valence-corrected chi connectivity index (χ3v) is 2.96. The van der Waals surface area contributed by atoms with Crippen LogP contribution in [0.2, 0.25) is 0 Å². The van der Waals surface area contributed by atoms with Crippen LogP contribution >= 0.6 is 22.6 Å². The number of nitrogens with one attached hydrogen (secondary N) is 1. The van der Waals surface area contributed by atoms with E-state index in [4.69, 9.17) is 0 Å². The van der Waals surface area contributed by atoms with Crippen molar-refractivity contribution in [2.45, 2.75) is 0 Å². The van der Waals surface area contributed by atoms with Crippen LogP contribution in [-0.4, -0.2) is 9.91 Å². The normalized spacial score (nSPS) is 11.3. The van der Waals surface area contributed by atoms with E-state index in [9.17, 15) is 10.1 Å². The van der Waals surface area contributed by atoms with E-state index in [1.54, 1.807) is 6.20 Å². The molecule has 0 amide bonds. The lowest BCUT2D eigenvalue weighted by molar-refractivity contribution is -0.400. The summed E-state index contributed by atoms with van der Waals surface area (Å²) in [5.74, 6) is 0. The third-order valence-electron chi connectivity index (χ3n) is 2.06. The molecule has 0 aliphatic carbocycles. The summed E-state index contributed by atoms with van der Waals surface area (Å²) >= 11 is 2.21. The second kappa shape index (κ2) is 4.01. The zero-order chi connectivity index (χ0) is 10.8. The first-order valence-electron chi connectivity index (χ1n) is 4.26. The predicted octanol–water partition coefficient (Wildman–Crippen LogP) is 3.02. The summed E-state index contributed by atoms with van der Waals surface area (Å²) < 4.78 is 1.08. The van der Waals surface area contributed by atoms with E-state index in [0.29, 0.717) is 0 Å². The predicted molar refractivity (Wildman–Crippen MR) is 67.0 cm³/mol. The van der Waals surface area contributed by atoms with Crippen molar-refractivity contribution < 1.29 is 4.92 Å². The Labute approximate surface area is 99.3 Å². The number of halogens is 1. The molecular formula is C10H7IN2O2. The first-order valence-corrected chi connectivity index (χ1v) is 5.33. The molecule has 76 valence electrons. The molecule has 2 rings (SSSR count). The Morgan fingerprint density at radius 1 is 1.47 bits per heavy atom. The fraction of sp³-hybridized carbons (Fsp3) is 0. The van der Waals surface area contributed by atoms with Crippen molar-refractivity contribution in [3.8, 4) is 0 Å². The van der Waals surface area contributed by atoms with E-state index in [-0.39, 0.29) is 0 Å². The van der Waals surface area contributed by atoms with Gasteiger partial charge >= 0.3 is 0 Å². The summed E-state index contributed by atoms with van der Waals surface area (Å²) in [5.41, 5.74) is 1.83. The largest absolute Gasteiger partial charge is 0.361 e. The van der Waals surface area contributed by atoms with Crippen LogP contribution in [0.25, 0.3) is 17.0 Å². The Bertz CT molecular complexity index is 545. The number of nitro groups is 1. The molecule has 2 aromatic rings. The Kier molecular flexibility index (Phi) is 2.72. The maximum atomic E-state index is 10.2. The van der Waals surface area contributed by atoms with Crippen LogP contribution in [0, 0.1) is 13.7 Å². The molecular weight excluding hydrogens is 307 g/mol. The van der Waals surface area contributed by atoms with Crippen molar-refractivity contribution >= 4 is 39.6 Å². The Morgan fingerprint density at radius 2 is 2.27 bits per heavy atom. The maximum Gasteiger partial charge on any atom is 0.235 e. The molecule has 1 N–H and O–H groups in total. The van der Waals surface area contributed by atoms with Gasteiger partial charge in [0.25, 0.3) is 0 Å². The van der Waals surface area contributed by atoms with E-state index in [2.05, 4.69) is 27.6 Å². The highest BCUT2D eigenvalue weighted by Gasteiger charge is 2.04. The number of H-pyrrole nitrogens is 1. The van der Waals surface area contributed by atoms with Gasteiger partial charge in [-0.2, -0.15) is 0 Å². The molecule has 4 nitrogen and oxygen atoms in total. The summed E-state index contributed by atoms with van der Waals surface area (Å²) in [6.07, 6.45) is 4.22. The molecule has 0 aliphatic heterocycles. The molecule has 0 saturated heterocycles. The van der Waals surface area contributed by atoms with Gasteiger partial charge in [0.1, 0.15) is 0 Å². The van der Waals surface area contributed by atoms with Gasteiger partial charge in [0.15, 0.2) is 0 Å². The van der Waals surface area contributed by atoms with Gasteiger partial charge in [0, 0.05) is 32.3 Å². The van der Waals surface area contributed by atoms with Crippen molar-refractivity contribution in [3.63, 3.8) is 0 Å². The van der Waals surface area contributed by atoms with Crippen molar-refractivity contribution in [2.75, 3.05) is 0 Å². The minimum atomic E-state index is -0.464. The number of nitrogens with zero attached hydrogens (tertiary/aromatic N) is 1. The second-order valence-corrected chi connectivity index (χ2v) is 4.17. The van der Waals surface area contributed by atoms with Crippen LogP contribution in [-0.2, 0) is 0 Å². The standard InChI is InChI=1S/C10H7IN2O2/c11-8-2-1-3-9-10(8)7(6-12-9)4-5-13(14)15/h1-6,12H/b5-4+. The molecule has 0 atom stereocenters. The molecule has 0 bridgehead atoms. The zero-order valence-corrected chi connectivity index (χ0v) is 9.76. The fourth-order valence-corrected chi connectivity index (χ4v) is 2.25. The lowest BCUT2D eigenvalue weighted by Crippen LogP contribution is -1.82. The van der Waals surface area contributed by atoms with E-state index in [1.165, 1.54) is 6.08 Å². The third kappa shape index (κ3) is 2.01. The highest BCUT2D eigenvalue weighted by atomic mass is 127. The quantitative estimate of drug-likeness (QED) is 0.526. The summed E-state index contributed by atoms with van der Waals surface area (Å²) in [5, 5.41) is 11.2. The first kappa shape index (κ1) is 10.2. The first-order chi connectivity index (χ1) is 7.18. The van der Waals surface area contributed by atoms with Gasteiger partial charge in [-0.3, -0.25) is 10.1 Å². The average Bonchev–Trinajstić information content (AvgIpc) is 2.59.